The van der Waals surface area contributed by atoms with Gasteiger partial charge >= 0.3 is 10.4 Å². The maximum atomic E-state index is 10.0. The minimum atomic E-state index is -4.67. The second kappa shape index (κ2) is 5.24. The number of non-ortho nitro benzene ring substituents is 1. The second-order valence-electron chi connectivity index (χ2n) is 2.22. The highest BCUT2D eigenvalue weighted by Gasteiger charge is 2.03. The van der Waals surface area contributed by atoms with E-state index in [1.54, 1.807) is 0 Å². The molecule has 0 aliphatic rings. The SMILES string of the molecule is O=S(=O)(O)O.O=[N+]([O-])c1cccc(O)c1. The molecule has 0 aromatic heterocycles. The van der Waals surface area contributed by atoms with Crippen LogP contribution in [0.25, 0.3) is 0 Å². The molecule has 84 valence electrons. The summed E-state index contributed by atoms with van der Waals surface area (Å²) in [5, 5.41) is 18.8. The average molecular weight is 237 g/mol. The fourth-order valence-corrected chi connectivity index (χ4v) is 0.607. The van der Waals surface area contributed by atoms with Crippen LogP contribution in [0.4, 0.5) is 5.69 Å². The first-order valence-corrected chi connectivity index (χ1v) is 4.73. The Morgan fingerprint density at radius 2 is 1.73 bits per heavy atom. The van der Waals surface area contributed by atoms with Crippen molar-refractivity contribution in [3.05, 3.63) is 34.4 Å². The van der Waals surface area contributed by atoms with E-state index < -0.39 is 15.3 Å². The van der Waals surface area contributed by atoms with E-state index in [0.29, 0.717) is 0 Å². The summed E-state index contributed by atoms with van der Waals surface area (Å²) >= 11 is 0. The van der Waals surface area contributed by atoms with Gasteiger partial charge in [-0.1, -0.05) is 6.07 Å². The number of phenolic OH excluding ortho intramolecular Hbond substituents is 1. The summed E-state index contributed by atoms with van der Waals surface area (Å²) in [7, 11) is -4.67. The minimum Gasteiger partial charge on any atom is -0.508 e. The van der Waals surface area contributed by atoms with Crippen LogP contribution in [0.5, 0.6) is 5.75 Å². The van der Waals surface area contributed by atoms with Crippen LogP contribution in [-0.4, -0.2) is 27.6 Å². The summed E-state index contributed by atoms with van der Waals surface area (Å²) in [6.07, 6.45) is 0. The third-order valence-electron chi connectivity index (χ3n) is 1.04. The fraction of sp³-hybridized carbons (Fsp3) is 0. The summed E-state index contributed by atoms with van der Waals surface area (Å²) in [6, 6.07) is 5.22. The fourth-order valence-electron chi connectivity index (χ4n) is 0.607. The van der Waals surface area contributed by atoms with Gasteiger partial charge in [0.25, 0.3) is 5.69 Å². The summed E-state index contributed by atoms with van der Waals surface area (Å²) in [4.78, 5) is 9.49. The molecule has 0 saturated carbocycles. The largest absolute Gasteiger partial charge is 0.508 e. The van der Waals surface area contributed by atoms with E-state index in [0.717, 1.165) is 6.07 Å². The van der Waals surface area contributed by atoms with E-state index in [1.165, 1.54) is 18.2 Å². The van der Waals surface area contributed by atoms with Crippen molar-refractivity contribution in [1.82, 2.24) is 0 Å². The molecule has 0 fully saturated rings. The molecule has 0 bridgehead atoms. The van der Waals surface area contributed by atoms with Crippen molar-refractivity contribution in [3.63, 3.8) is 0 Å². The van der Waals surface area contributed by atoms with Crippen LogP contribution in [-0.2, 0) is 10.4 Å². The predicted octanol–water partition coefficient (Wildman–Crippen LogP) is 0.648. The molecular weight excluding hydrogens is 230 g/mol. The summed E-state index contributed by atoms with van der Waals surface area (Å²) in [5.74, 6) is -0.0887. The van der Waals surface area contributed by atoms with E-state index in [4.69, 9.17) is 22.6 Å². The number of rotatable bonds is 1. The molecule has 0 radical (unpaired) electrons. The third kappa shape index (κ3) is 8.62. The van der Waals surface area contributed by atoms with Gasteiger partial charge in [-0.25, -0.2) is 0 Å². The van der Waals surface area contributed by atoms with Crippen molar-refractivity contribution < 1.29 is 27.6 Å². The molecule has 1 aromatic carbocycles. The normalized spacial score (nSPS) is 10.0. The number of hydrogen-bond acceptors (Lipinski definition) is 5. The summed E-state index contributed by atoms with van der Waals surface area (Å²) < 4.78 is 31.6. The molecule has 8 nitrogen and oxygen atoms in total. The molecule has 0 aliphatic heterocycles. The molecule has 0 spiro atoms. The van der Waals surface area contributed by atoms with Gasteiger partial charge in [0.1, 0.15) is 5.75 Å². The highest BCUT2D eigenvalue weighted by molar-refractivity contribution is 7.79. The minimum absolute atomic E-state index is 0.0887. The lowest BCUT2D eigenvalue weighted by Gasteiger charge is -1.89. The van der Waals surface area contributed by atoms with E-state index in [1.807, 2.05) is 0 Å². The standard InChI is InChI=1S/C6H5NO3.H2O4S/c8-6-3-1-2-5(4-6)7(9)10;1-5(2,3)4/h1-4,8H;(H2,1,2,3,4). The molecule has 0 heterocycles. The molecule has 1 rings (SSSR count). The van der Waals surface area contributed by atoms with E-state index in [2.05, 4.69) is 0 Å². The number of aromatic hydroxyl groups is 1. The molecule has 1 aromatic rings. The van der Waals surface area contributed by atoms with Gasteiger partial charge in [-0.15, -0.1) is 0 Å². The zero-order valence-electron chi connectivity index (χ0n) is 7.14. The van der Waals surface area contributed by atoms with Crippen LogP contribution >= 0.6 is 0 Å². The highest BCUT2D eigenvalue weighted by Crippen LogP contribution is 2.16. The van der Waals surface area contributed by atoms with E-state index >= 15 is 0 Å². The molecule has 15 heavy (non-hydrogen) atoms. The first-order chi connectivity index (χ1) is 6.70. The number of benzene rings is 1. The molecule has 0 atom stereocenters. The monoisotopic (exact) mass is 237 g/mol. The molecule has 3 N–H and O–H groups in total. The predicted molar refractivity (Wildman–Crippen MR) is 48.9 cm³/mol. The van der Waals surface area contributed by atoms with Gasteiger partial charge in [-0.2, -0.15) is 8.42 Å². The van der Waals surface area contributed by atoms with Gasteiger partial charge in [0.05, 0.1) is 11.0 Å². The van der Waals surface area contributed by atoms with Gasteiger partial charge in [-0.05, 0) is 6.07 Å². The van der Waals surface area contributed by atoms with Gasteiger partial charge in [0.2, 0.25) is 0 Å². The Labute approximate surface area is 84.5 Å². The molecule has 0 amide bonds. The molecular formula is C6H7NO7S. The van der Waals surface area contributed by atoms with Crippen LogP contribution in [0, 0.1) is 10.1 Å². The van der Waals surface area contributed by atoms with Crippen molar-refractivity contribution in [1.29, 1.82) is 0 Å². The molecule has 9 heteroatoms. The van der Waals surface area contributed by atoms with E-state index in [-0.39, 0.29) is 11.4 Å². The zero-order valence-corrected chi connectivity index (χ0v) is 7.96. The van der Waals surface area contributed by atoms with Gasteiger partial charge in [0, 0.05) is 6.07 Å². The first-order valence-electron chi connectivity index (χ1n) is 3.33. The van der Waals surface area contributed by atoms with Crippen molar-refractivity contribution in [2.24, 2.45) is 0 Å². The van der Waals surface area contributed by atoms with Gasteiger partial charge < -0.3 is 5.11 Å². The Kier molecular flexibility index (Phi) is 4.64. The maximum Gasteiger partial charge on any atom is 0.394 e. The summed E-state index contributed by atoms with van der Waals surface area (Å²) in [5.41, 5.74) is -0.0972. The average Bonchev–Trinajstić information content (AvgIpc) is 2.00. The molecule has 0 saturated heterocycles. The van der Waals surface area contributed by atoms with Crippen molar-refractivity contribution in [2.45, 2.75) is 0 Å². The van der Waals surface area contributed by atoms with Crippen LogP contribution in [0.1, 0.15) is 0 Å². The number of phenols is 1. The Bertz CT molecular complexity index is 433. The van der Waals surface area contributed by atoms with Crippen molar-refractivity contribution in [3.8, 4) is 5.75 Å². The highest BCUT2D eigenvalue weighted by atomic mass is 32.3. The van der Waals surface area contributed by atoms with E-state index in [9.17, 15) is 10.1 Å². The van der Waals surface area contributed by atoms with Crippen molar-refractivity contribution >= 4 is 16.1 Å². The van der Waals surface area contributed by atoms with Crippen LogP contribution in [0.15, 0.2) is 24.3 Å². The quantitative estimate of drug-likeness (QED) is 0.370. The smallest absolute Gasteiger partial charge is 0.394 e. The van der Waals surface area contributed by atoms with Crippen LogP contribution < -0.4 is 0 Å². The molecule has 0 aliphatic carbocycles. The third-order valence-corrected chi connectivity index (χ3v) is 1.04. The number of hydrogen-bond donors (Lipinski definition) is 3. The Morgan fingerprint density at radius 1 is 1.27 bits per heavy atom. The second-order valence-corrected chi connectivity index (χ2v) is 3.12. The lowest BCUT2D eigenvalue weighted by molar-refractivity contribution is -0.384. The Hall–Kier alpha value is -1.71. The molecule has 0 unspecified atom stereocenters. The number of nitro groups is 1. The van der Waals surface area contributed by atoms with Crippen LogP contribution in [0.3, 0.4) is 0 Å². The van der Waals surface area contributed by atoms with Gasteiger partial charge in [0.15, 0.2) is 0 Å². The zero-order chi connectivity index (χ0) is 12.1. The maximum absolute atomic E-state index is 10.0. The Morgan fingerprint density at radius 3 is 2.00 bits per heavy atom. The first kappa shape index (κ1) is 13.3. The number of nitrogens with zero attached hydrogens (tertiary/aromatic N) is 1. The summed E-state index contributed by atoms with van der Waals surface area (Å²) in [6.45, 7) is 0. The van der Waals surface area contributed by atoms with Crippen molar-refractivity contribution in [2.75, 3.05) is 0 Å². The van der Waals surface area contributed by atoms with Crippen LogP contribution in [0.2, 0.25) is 0 Å². The lowest BCUT2D eigenvalue weighted by atomic mass is 10.3. The Balaban J connectivity index is 0.000000336. The van der Waals surface area contributed by atoms with Gasteiger partial charge in [-0.3, -0.25) is 19.2 Å². The number of nitro benzene ring substituents is 1. The lowest BCUT2D eigenvalue weighted by Crippen LogP contribution is -1.89. The topological polar surface area (TPSA) is 138 Å².